The maximum atomic E-state index is 5.27. The second kappa shape index (κ2) is 7.53. The zero-order valence-corrected chi connectivity index (χ0v) is 16.9. The molecule has 3 aromatic carbocycles. The predicted octanol–water partition coefficient (Wildman–Crippen LogP) is 6.37. The molecule has 0 spiro atoms. The van der Waals surface area contributed by atoms with Crippen molar-refractivity contribution in [1.82, 2.24) is 0 Å². The van der Waals surface area contributed by atoms with Crippen LogP contribution in [0.2, 0.25) is 0 Å². The van der Waals surface area contributed by atoms with Crippen LogP contribution in [0.25, 0.3) is 0 Å². The first-order valence-corrected chi connectivity index (χ1v) is 9.28. The quantitative estimate of drug-likeness (QED) is 0.366. The van der Waals surface area contributed by atoms with Crippen LogP contribution in [0.5, 0.6) is 5.75 Å². The molecule has 0 saturated heterocycles. The van der Waals surface area contributed by atoms with E-state index in [0.717, 1.165) is 22.8 Å². The third-order valence-corrected chi connectivity index (χ3v) is 4.94. The molecule has 0 aliphatic carbocycles. The third kappa shape index (κ3) is 3.98. The zero-order chi connectivity index (χ0) is 16.2. The van der Waals surface area contributed by atoms with Crippen molar-refractivity contribution in [3.8, 4) is 5.75 Å². The molecule has 0 saturated carbocycles. The summed E-state index contributed by atoms with van der Waals surface area (Å²) in [4.78, 5) is 2.24. The van der Waals surface area contributed by atoms with E-state index in [-0.39, 0.29) is 0 Å². The molecule has 0 aliphatic heterocycles. The minimum Gasteiger partial charge on any atom is -0.497 e. The lowest BCUT2D eigenvalue weighted by atomic mass is 10.2. The maximum absolute atomic E-state index is 5.27. The number of rotatable bonds is 4. The zero-order valence-electron chi connectivity index (χ0n) is 12.5. The molecular formula is C19H15I2NO. The van der Waals surface area contributed by atoms with Gasteiger partial charge in [0.25, 0.3) is 0 Å². The minimum atomic E-state index is 0.860. The van der Waals surface area contributed by atoms with Gasteiger partial charge in [-0.05, 0) is 118 Å². The molecule has 0 N–H and O–H groups in total. The van der Waals surface area contributed by atoms with Gasteiger partial charge in [0.2, 0.25) is 0 Å². The van der Waals surface area contributed by atoms with Crippen molar-refractivity contribution in [2.24, 2.45) is 0 Å². The molecule has 3 rings (SSSR count). The average molecular weight is 527 g/mol. The summed E-state index contributed by atoms with van der Waals surface area (Å²) in [6.07, 6.45) is 0. The van der Waals surface area contributed by atoms with Gasteiger partial charge in [-0.1, -0.05) is 0 Å². The average Bonchev–Trinajstić information content (AvgIpc) is 2.59. The van der Waals surface area contributed by atoms with Crippen LogP contribution >= 0.6 is 45.2 Å². The summed E-state index contributed by atoms with van der Waals surface area (Å²) in [5, 5.41) is 0. The molecule has 3 aromatic rings. The van der Waals surface area contributed by atoms with Crippen LogP contribution in [0.4, 0.5) is 17.1 Å². The lowest BCUT2D eigenvalue weighted by Gasteiger charge is -2.25. The van der Waals surface area contributed by atoms with Crippen molar-refractivity contribution in [2.45, 2.75) is 0 Å². The molecule has 0 fully saturated rings. The van der Waals surface area contributed by atoms with E-state index in [1.165, 1.54) is 7.14 Å². The molecule has 0 amide bonds. The molecule has 0 aromatic heterocycles. The van der Waals surface area contributed by atoms with Crippen LogP contribution in [0, 0.1) is 7.14 Å². The van der Waals surface area contributed by atoms with Crippen LogP contribution < -0.4 is 9.64 Å². The number of hydrogen-bond acceptors (Lipinski definition) is 2. The molecule has 0 aliphatic rings. The van der Waals surface area contributed by atoms with Crippen molar-refractivity contribution >= 4 is 62.2 Å². The van der Waals surface area contributed by atoms with Gasteiger partial charge in [0, 0.05) is 24.2 Å². The summed E-state index contributed by atoms with van der Waals surface area (Å²) in [6.45, 7) is 0. The first-order chi connectivity index (χ1) is 11.2. The summed E-state index contributed by atoms with van der Waals surface area (Å²) in [6, 6.07) is 25.2. The second-order valence-corrected chi connectivity index (χ2v) is 7.48. The Morgan fingerprint density at radius 3 is 1.30 bits per heavy atom. The Hall–Kier alpha value is -1.28. The first kappa shape index (κ1) is 16.6. The van der Waals surface area contributed by atoms with Crippen molar-refractivity contribution < 1.29 is 4.74 Å². The maximum Gasteiger partial charge on any atom is 0.119 e. The molecule has 0 heterocycles. The smallest absolute Gasteiger partial charge is 0.119 e. The lowest BCUT2D eigenvalue weighted by molar-refractivity contribution is 0.415. The van der Waals surface area contributed by atoms with E-state index in [1.807, 2.05) is 12.1 Å². The Morgan fingerprint density at radius 1 is 0.609 bits per heavy atom. The highest BCUT2D eigenvalue weighted by Crippen LogP contribution is 2.35. The van der Waals surface area contributed by atoms with E-state index in [1.54, 1.807) is 7.11 Å². The number of methoxy groups -OCH3 is 1. The summed E-state index contributed by atoms with van der Waals surface area (Å²) < 4.78 is 7.72. The SMILES string of the molecule is COc1ccc(N(c2ccc(I)cc2)c2ccc(I)cc2)cc1. The number of halogens is 2. The monoisotopic (exact) mass is 527 g/mol. The first-order valence-electron chi connectivity index (χ1n) is 7.13. The Labute approximate surface area is 163 Å². The van der Waals surface area contributed by atoms with E-state index >= 15 is 0 Å². The summed E-state index contributed by atoms with van der Waals surface area (Å²) in [5.74, 6) is 0.860. The third-order valence-electron chi connectivity index (χ3n) is 3.50. The highest BCUT2D eigenvalue weighted by molar-refractivity contribution is 14.1. The Morgan fingerprint density at radius 2 is 0.957 bits per heavy atom. The van der Waals surface area contributed by atoms with Gasteiger partial charge < -0.3 is 9.64 Å². The van der Waals surface area contributed by atoms with Crippen LogP contribution in [-0.2, 0) is 0 Å². The van der Waals surface area contributed by atoms with E-state index in [9.17, 15) is 0 Å². The largest absolute Gasteiger partial charge is 0.497 e. The molecule has 0 atom stereocenters. The number of hydrogen-bond donors (Lipinski definition) is 0. The van der Waals surface area contributed by atoms with Crippen LogP contribution in [0.1, 0.15) is 0 Å². The minimum absolute atomic E-state index is 0.860. The molecule has 116 valence electrons. The fourth-order valence-corrected chi connectivity index (χ4v) is 3.08. The lowest BCUT2D eigenvalue weighted by Crippen LogP contribution is -2.09. The predicted molar refractivity (Wildman–Crippen MR) is 113 cm³/mol. The van der Waals surface area contributed by atoms with Crippen LogP contribution in [0.15, 0.2) is 72.8 Å². The molecule has 2 nitrogen and oxygen atoms in total. The number of anilines is 3. The van der Waals surface area contributed by atoms with Crippen LogP contribution in [-0.4, -0.2) is 7.11 Å². The highest BCUT2D eigenvalue weighted by atomic mass is 127. The van der Waals surface area contributed by atoms with Gasteiger partial charge in [0.05, 0.1) is 7.11 Å². The van der Waals surface area contributed by atoms with Crippen molar-refractivity contribution in [3.05, 3.63) is 79.9 Å². The van der Waals surface area contributed by atoms with Gasteiger partial charge >= 0.3 is 0 Å². The summed E-state index contributed by atoms with van der Waals surface area (Å²) in [5.41, 5.74) is 3.38. The molecule has 4 heteroatoms. The van der Waals surface area contributed by atoms with Crippen LogP contribution in [0.3, 0.4) is 0 Å². The number of nitrogens with zero attached hydrogens (tertiary/aromatic N) is 1. The molecule has 0 unspecified atom stereocenters. The Balaban J connectivity index is 2.08. The highest BCUT2D eigenvalue weighted by Gasteiger charge is 2.12. The molecular weight excluding hydrogens is 512 g/mol. The Kier molecular flexibility index (Phi) is 5.42. The van der Waals surface area contributed by atoms with Gasteiger partial charge in [0.15, 0.2) is 0 Å². The fourth-order valence-electron chi connectivity index (χ4n) is 2.36. The number of benzene rings is 3. The molecule has 23 heavy (non-hydrogen) atoms. The van der Waals surface area contributed by atoms with Gasteiger partial charge in [-0.2, -0.15) is 0 Å². The number of ether oxygens (including phenoxy) is 1. The summed E-state index contributed by atoms with van der Waals surface area (Å²) >= 11 is 4.65. The van der Waals surface area contributed by atoms with Gasteiger partial charge in [-0.3, -0.25) is 0 Å². The van der Waals surface area contributed by atoms with Crippen molar-refractivity contribution in [3.63, 3.8) is 0 Å². The molecule has 0 bridgehead atoms. The second-order valence-electron chi connectivity index (χ2n) is 4.99. The van der Waals surface area contributed by atoms with E-state index in [0.29, 0.717) is 0 Å². The van der Waals surface area contributed by atoms with E-state index in [4.69, 9.17) is 4.74 Å². The van der Waals surface area contributed by atoms with Gasteiger partial charge in [-0.15, -0.1) is 0 Å². The van der Waals surface area contributed by atoms with Gasteiger partial charge in [-0.25, -0.2) is 0 Å². The fraction of sp³-hybridized carbons (Fsp3) is 0.0526. The van der Waals surface area contributed by atoms with E-state index < -0.39 is 0 Å². The van der Waals surface area contributed by atoms with Gasteiger partial charge in [0.1, 0.15) is 5.75 Å². The van der Waals surface area contributed by atoms with E-state index in [2.05, 4.69) is 111 Å². The molecule has 0 radical (unpaired) electrons. The summed E-state index contributed by atoms with van der Waals surface area (Å²) in [7, 11) is 1.69. The van der Waals surface area contributed by atoms with Crippen molar-refractivity contribution in [1.29, 1.82) is 0 Å². The van der Waals surface area contributed by atoms with Crippen molar-refractivity contribution in [2.75, 3.05) is 12.0 Å². The topological polar surface area (TPSA) is 12.5 Å². The normalized spacial score (nSPS) is 10.4. The Bertz CT molecular complexity index is 722. The standard InChI is InChI=1S/C19H15I2NO/c1-23-19-12-10-18(11-13-19)22(16-6-2-14(20)3-7-16)17-8-4-15(21)5-9-17/h2-13H,1H3.